The Balaban J connectivity index is 1.97. The largest absolute Gasteiger partial charge is 0.343 e. The van der Waals surface area contributed by atoms with Gasteiger partial charge in [-0.25, -0.2) is 8.42 Å². The van der Waals surface area contributed by atoms with Gasteiger partial charge in [-0.05, 0) is 30.3 Å². The van der Waals surface area contributed by atoms with Crippen molar-refractivity contribution in [2.45, 2.75) is 4.90 Å². The van der Waals surface area contributed by atoms with Crippen LogP contribution in [-0.2, 0) is 14.6 Å². The summed E-state index contributed by atoms with van der Waals surface area (Å²) >= 11 is 5.91. The number of halogens is 1. The second-order valence-corrected chi connectivity index (χ2v) is 7.43. The Hall–Kier alpha value is -2.38. The number of hydrogen-bond acceptors (Lipinski definition) is 4. The van der Waals surface area contributed by atoms with Crippen molar-refractivity contribution in [2.75, 3.05) is 18.1 Å². The molecule has 126 valence electrons. The molecule has 2 rings (SSSR count). The summed E-state index contributed by atoms with van der Waals surface area (Å²) in [6.45, 7) is -0.271. The highest BCUT2D eigenvalue weighted by atomic mass is 35.5. The van der Waals surface area contributed by atoms with Crippen molar-refractivity contribution in [1.29, 1.82) is 0 Å². The number of anilines is 1. The number of nitrogens with one attached hydrogen (secondary N) is 2. The number of rotatable bonds is 5. The van der Waals surface area contributed by atoms with Crippen molar-refractivity contribution in [3.05, 3.63) is 59.1 Å². The van der Waals surface area contributed by atoms with Crippen molar-refractivity contribution in [3.63, 3.8) is 0 Å². The minimum Gasteiger partial charge on any atom is -0.343 e. The van der Waals surface area contributed by atoms with Gasteiger partial charge >= 0.3 is 0 Å². The van der Waals surface area contributed by atoms with E-state index in [1.165, 1.54) is 18.2 Å². The van der Waals surface area contributed by atoms with Crippen LogP contribution in [0.5, 0.6) is 0 Å². The maximum Gasteiger partial charge on any atom is 0.253 e. The second-order valence-electron chi connectivity index (χ2n) is 5.01. The summed E-state index contributed by atoms with van der Waals surface area (Å²) in [6, 6.07) is 12.3. The summed E-state index contributed by atoms with van der Waals surface area (Å²) in [4.78, 5) is 23.9. The van der Waals surface area contributed by atoms with Gasteiger partial charge in [0.25, 0.3) is 5.91 Å². The van der Waals surface area contributed by atoms with Gasteiger partial charge in [-0.15, -0.1) is 0 Å². The van der Waals surface area contributed by atoms with E-state index in [9.17, 15) is 18.0 Å². The van der Waals surface area contributed by atoms with Crippen molar-refractivity contribution < 1.29 is 18.0 Å². The number of carbonyl (C=O) groups excluding carboxylic acids is 2. The monoisotopic (exact) mass is 366 g/mol. The normalized spacial score (nSPS) is 10.9. The van der Waals surface area contributed by atoms with Crippen molar-refractivity contribution >= 4 is 38.9 Å². The standard InChI is InChI=1S/C16H15ClN2O4S/c1-24(22,23)12-6-4-5-11(9-12)19-15(20)10-18-16(21)13-7-2-3-8-14(13)17/h2-9H,10H2,1H3,(H,18,21)(H,19,20). The predicted molar refractivity (Wildman–Crippen MR) is 92.0 cm³/mol. The van der Waals surface area contributed by atoms with Gasteiger partial charge in [0.1, 0.15) is 0 Å². The Labute approximate surface area is 144 Å². The van der Waals surface area contributed by atoms with Crippen LogP contribution in [0.15, 0.2) is 53.4 Å². The van der Waals surface area contributed by atoms with Crippen LogP contribution in [0.1, 0.15) is 10.4 Å². The first-order valence-corrected chi connectivity index (χ1v) is 9.17. The van der Waals surface area contributed by atoms with E-state index >= 15 is 0 Å². The average molecular weight is 367 g/mol. The van der Waals surface area contributed by atoms with Crippen LogP contribution in [-0.4, -0.2) is 33.0 Å². The lowest BCUT2D eigenvalue weighted by Crippen LogP contribution is -2.33. The summed E-state index contributed by atoms with van der Waals surface area (Å²) in [7, 11) is -3.36. The molecule has 2 N–H and O–H groups in total. The second kappa shape index (κ2) is 7.46. The van der Waals surface area contributed by atoms with Gasteiger partial charge < -0.3 is 10.6 Å². The Morgan fingerprint density at radius 2 is 1.79 bits per heavy atom. The summed E-state index contributed by atoms with van der Waals surface area (Å²) in [5, 5.41) is 5.26. The minimum absolute atomic E-state index is 0.0976. The van der Waals surface area contributed by atoms with Crippen LogP contribution in [0.4, 0.5) is 5.69 Å². The molecule has 0 aromatic heterocycles. The van der Waals surface area contributed by atoms with Gasteiger partial charge in [-0.1, -0.05) is 29.8 Å². The molecule has 0 saturated carbocycles. The van der Waals surface area contributed by atoms with Gasteiger partial charge in [0.15, 0.2) is 9.84 Å². The fourth-order valence-corrected chi connectivity index (χ4v) is 2.80. The highest BCUT2D eigenvalue weighted by Crippen LogP contribution is 2.16. The number of benzene rings is 2. The van der Waals surface area contributed by atoms with E-state index in [1.807, 2.05) is 0 Å². The molecule has 0 aliphatic rings. The van der Waals surface area contributed by atoms with E-state index in [4.69, 9.17) is 11.6 Å². The maximum absolute atomic E-state index is 12.0. The number of carbonyl (C=O) groups is 2. The molecule has 2 aromatic carbocycles. The van der Waals surface area contributed by atoms with E-state index in [1.54, 1.807) is 30.3 Å². The topological polar surface area (TPSA) is 92.3 Å². The van der Waals surface area contributed by atoms with Crippen LogP contribution in [0, 0.1) is 0 Å². The Morgan fingerprint density at radius 1 is 1.08 bits per heavy atom. The van der Waals surface area contributed by atoms with Gasteiger partial charge in [0.05, 0.1) is 22.0 Å². The van der Waals surface area contributed by atoms with E-state index in [0.29, 0.717) is 5.69 Å². The highest BCUT2D eigenvalue weighted by Gasteiger charge is 2.12. The summed E-state index contributed by atoms with van der Waals surface area (Å²) in [5.74, 6) is -0.957. The van der Waals surface area contributed by atoms with Gasteiger partial charge in [-0.3, -0.25) is 9.59 Å². The molecule has 0 radical (unpaired) electrons. The minimum atomic E-state index is -3.36. The Bertz CT molecular complexity index is 881. The number of hydrogen-bond donors (Lipinski definition) is 2. The Morgan fingerprint density at radius 3 is 2.46 bits per heavy atom. The molecule has 0 saturated heterocycles. The molecular formula is C16H15ClN2O4S. The van der Waals surface area contributed by atoms with Crippen molar-refractivity contribution in [3.8, 4) is 0 Å². The van der Waals surface area contributed by atoms with E-state index in [2.05, 4.69) is 10.6 Å². The highest BCUT2D eigenvalue weighted by molar-refractivity contribution is 7.90. The molecule has 0 fully saturated rings. The fraction of sp³-hybridized carbons (Fsp3) is 0.125. The molecule has 0 aliphatic heterocycles. The molecule has 24 heavy (non-hydrogen) atoms. The van der Waals surface area contributed by atoms with E-state index in [-0.39, 0.29) is 22.0 Å². The zero-order valence-electron chi connectivity index (χ0n) is 12.7. The average Bonchev–Trinajstić information content (AvgIpc) is 2.52. The third-order valence-electron chi connectivity index (χ3n) is 3.07. The molecule has 0 aliphatic carbocycles. The predicted octanol–water partition coefficient (Wildman–Crippen LogP) is 2.11. The van der Waals surface area contributed by atoms with Crippen molar-refractivity contribution in [1.82, 2.24) is 5.32 Å². The zero-order chi connectivity index (χ0) is 17.7. The lowest BCUT2D eigenvalue weighted by Gasteiger charge is -2.08. The molecule has 0 bridgehead atoms. The molecule has 2 aromatic rings. The molecule has 6 nitrogen and oxygen atoms in total. The molecular weight excluding hydrogens is 352 g/mol. The number of amides is 2. The molecule has 0 atom stereocenters. The number of sulfone groups is 1. The van der Waals surface area contributed by atoms with E-state index in [0.717, 1.165) is 6.26 Å². The smallest absolute Gasteiger partial charge is 0.253 e. The molecule has 0 unspecified atom stereocenters. The van der Waals surface area contributed by atoms with Crippen LogP contribution >= 0.6 is 11.6 Å². The summed E-state index contributed by atoms with van der Waals surface area (Å²) in [5.41, 5.74) is 0.598. The fourth-order valence-electron chi connectivity index (χ4n) is 1.91. The lowest BCUT2D eigenvalue weighted by atomic mass is 10.2. The molecule has 0 spiro atoms. The third kappa shape index (κ3) is 4.81. The van der Waals surface area contributed by atoms with Crippen LogP contribution in [0.3, 0.4) is 0 Å². The van der Waals surface area contributed by atoms with Crippen LogP contribution in [0.25, 0.3) is 0 Å². The SMILES string of the molecule is CS(=O)(=O)c1cccc(NC(=O)CNC(=O)c2ccccc2Cl)c1. The van der Waals surface area contributed by atoms with Crippen LogP contribution < -0.4 is 10.6 Å². The quantitative estimate of drug-likeness (QED) is 0.847. The summed E-state index contributed by atoms with van der Waals surface area (Å²) in [6.07, 6.45) is 1.08. The molecule has 2 amide bonds. The maximum atomic E-state index is 12.0. The molecule has 8 heteroatoms. The lowest BCUT2D eigenvalue weighted by molar-refractivity contribution is -0.115. The third-order valence-corrected chi connectivity index (χ3v) is 4.51. The van der Waals surface area contributed by atoms with Crippen molar-refractivity contribution in [2.24, 2.45) is 0 Å². The summed E-state index contributed by atoms with van der Waals surface area (Å²) < 4.78 is 23.0. The van der Waals surface area contributed by atoms with E-state index < -0.39 is 21.7 Å². The van der Waals surface area contributed by atoms with Gasteiger partial charge in [0.2, 0.25) is 5.91 Å². The zero-order valence-corrected chi connectivity index (χ0v) is 14.3. The van der Waals surface area contributed by atoms with Gasteiger partial charge in [-0.2, -0.15) is 0 Å². The molecule has 0 heterocycles. The van der Waals surface area contributed by atoms with Crippen LogP contribution in [0.2, 0.25) is 5.02 Å². The van der Waals surface area contributed by atoms with Gasteiger partial charge in [0, 0.05) is 11.9 Å². The first kappa shape index (κ1) is 18.0. The first-order chi connectivity index (χ1) is 11.3. The first-order valence-electron chi connectivity index (χ1n) is 6.90. The Kier molecular flexibility index (Phi) is 5.58.